The van der Waals surface area contributed by atoms with E-state index in [1.54, 1.807) is 0 Å². The summed E-state index contributed by atoms with van der Waals surface area (Å²) in [5.74, 6) is 1.36. The third-order valence-corrected chi connectivity index (χ3v) is 2.46. The van der Waals surface area contributed by atoms with Gasteiger partial charge in [-0.2, -0.15) is 5.26 Å². The molecular formula is C10H18N2. The average molecular weight is 166 g/mol. The quantitative estimate of drug-likeness (QED) is 0.695. The van der Waals surface area contributed by atoms with E-state index in [2.05, 4.69) is 32.2 Å². The van der Waals surface area contributed by atoms with Crippen molar-refractivity contribution in [1.82, 2.24) is 5.32 Å². The maximum atomic E-state index is 8.95. The van der Waals surface area contributed by atoms with Crippen molar-refractivity contribution < 1.29 is 0 Å². The molecule has 0 aromatic rings. The lowest BCUT2D eigenvalue weighted by Crippen LogP contribution is -2.54. The van der Waals surface area contributed by atoms with Crippen molar-refractivity contribution in [3.63, 3.8) is 0 Å². The number of nitrogens with one attached hydrogen (secondary N) is 1. The minimum atomic E-state index is -0.177. The molecule has 0 heterocycles. The van der Waals surface area contributed by atoms with Crippen molar-refractivity contribution in [3.05, 3.63) is 0 Å². The Morgan fingerprint density at radius 3 is 2.50 bits per heavy atom. The van der Waals surface area contributed by atoms with Crippen LogP contribution in [-0.2, 0) is 0 Å². The van der Waals surface area contributed by atoms with Crippen LogP contribution >= 0.6 is 0 Å². The number of hydrogen-bond acceptors (Lipinski definition) is 2. The zero-order chi connectivity index (χ0) is 9.19. The first-order chi connectivity index (χ1) is 5.58. The van der Waals surface area contributed by atoms with Crippen molar-refractivity contribution in [2.45, 2.75) is 39.2 Å². The molecule has 0 aromatic heterocycles. The van der Waals surface area contributed by atoms with Crippen molar-refractivity contribution >= 4 is 0 Å². The molecule has 1 rings (SSSR count). The maximum absolute atomic E-state index is 8.95. The molecule has 0 radical (unpaired) electrons. The molecule has 1 aliphatic rings. The zero-order valence-corrected chi connectivity index (χ0v) is 8.22. The lowest BCUT2D eigenvalue weighted by atomic mass is 9.70. The lowest BCUT2D eigenvalue weighted by Gasteiger charge is -2.42. The average Bonchev–Trinajstić information content (AvgIpc) is 1.95. The minimum Gasteiger partial charge on any atom is -0.299 e. The van der Waals surface area contributed by atoms with Gasteiger partial charge in [0.2, 0.25) is 0 Å². The Bertz CT molecular complexity index is 185. The van der Waals surface area contributed by atoms with Crippen LogP contribution in [0, 0.1) is 23.2 Å². The standard InChI is InChI=1S/C10H18N2/c1-8(2)6-12-10(7-11)4-9(3)5-10/h8-9,12H,4-6H2,1-3H3. The summed E-state index contributed by atoms with van der Waals surface area (Å²) in [5.41, 5.74) is -0.177. The molecule has 2 heteroatoms. The summed E-state index contributed by atoms with van der Waals surface area (Å²) in [6.45, 7) is 7.49. The van der Waals surface area contributed by atoms with Crippen LogP contribution < -0.4 is 5.32 Å². The van der Waals surface area contributed by atoms with Crippen molar-refractivity contribution in [3.8, 4) is 6.07 Å². The van der Waals surface area contributed by atoms with E-state index in [9.17, 15) is 0 Å². The van der Waals surface area contributed by atoms with Crippen LogP contribution in [-0.4, -0.2) is 12.1 Å². The molecule has 0 unspecified atom stereocenters. The Morgan fingerprint density at radius 2 is 2.17 bits per heavy atom. The highest BCUT2D eigenvalue weighted by Crippen LogP contribution is 2.36. The van der Waals surface area contributed by atoms with E-state index in [1.807, 2.05) is 0 Å². The van der Waals surface area contributed by atoms with Crippen LogP contribution in [0.1, 0.15) is 33.6 Å². The number of nitrogens with zero attached hydrogens (tertiary/aromatic N) is 1. The van der Waals surface area contributed by atoms with Gasteiger partial charge in [-0.3, -0.25) is 5.32 Å². The molecule has 2 nitrogen and oxygen atoms in total. The SMILES string of the molecule is CC(C)CNC1(C#N)CC(C)C1. The molecule has 0 aliphatic heterocycles. The first-order valence-electron chi connectivity index (χ1n) is 4.74. The van der Waals surface area contributed by atoms with E-state index in [0.717, 1.165) is 25.3 Å². The number of hydrogen-bond donors (Lipinski definition) is 1. The second kappa shape index (κ2) is 3.45. The third kappa shape index (κ3) is 1.98. The van der Waals surface area contributed by atoms with Crippen LogP contribution in [0.4, 0.5) is 0 Å². The fourth-order valence-electron chi connectivity index (χ4n) is 1.80. The predicted molar refractivity (Wildman–Crippen MR) is 49.6 cm³/mol. The Balaban J connectivity index is 2.34. The highest BCUT2D eigenvalue weighted by atomic mass is 15.0. The number of nitriles is 1. The molecule has 0 bridgehead atoms. The molecular weight excluding hydrogens is 148 g/mol. The van der Waals surface area contributed by atoms with E-state index >= 15 is 0 Å². The van der Waals surface area contributed by atoms with Gasteiger partial charge in [-0.15, -0.1) is 0 Å². The van der Waals surface area contributed by atoms with Gasteiger partial charge in [-0.25, -0.2) is 0 Å². The molecule has 1 fully saturated rings. The zero-order valence-electron chi connectivity index (χ0n) is 8.22. The topological polar surface area (TPSA) is 35.8 Å². The monoisotopic (exact) mass is 166 g/mol. The Labute approximate surface area is 75.0 Å². The van der Waals surface area contributed by atoms with Crippen LogP contribution in [0.25, 0.3) is 0 Å². The van der Waals surface area contributed by atoms with Gasteiger partial charge in [-0.05, 0) is 31.2 Å². The van der Waals surface area contributed by atoms with Gasteiger partial charge >= 0.3 is 0 Å². The molecule has 0 spiro atoms. The lowest BCUT2D eigenvalue weighted by molar-refractivity contribution is 0.168. The fourth-order valence-corrected chi connectivity index (χ4v) is 1.80. The molecule has 68 valence electrons. The van der Waals surface area contributed by atoms with E-state index < -0.39 is 0 Å². The fraction of sp³-hybridized carbons (Fsp3) is 0.900. The van der Waals surface area contributed by atoms with Crippen molar-refractivity contribution in [1.29, 1.82) is 5.26 Å². The molecule has 1 saturated carbocycles. The Kier molecular flexibility index (Phi) is 2.74. The molecule has 12 heavy (non-hydrogen) atoms. The van der Waals surface area contributed by atoms with Crippen LogP contribution in [0.3, 0.4) is 0 Å². The van der Waals surface area contributed by atoms with E-state index in [0.29, 0.717) is 5.92 Å². The van der Waals surface area contributed by atoms with Gasteiger partial charge < -0.3 is 0 Å². The molecule has 0 saturated heterocycles. The summed E-state index contributed by atoms with van der Waals surface area (Å²) < 4.78 is 0. The number of rotatable bonds is 3. The highest BCUT2D eigenvalue weighted by molar-refractivity contribution is 5.14. The second-order valence-corrected chi connectivity index (χ2v) is 4.48. The van der Waals surface area contributed by atoms with Gasteiger partial charge in [0.25, 0.3) is 0 Å². The van der Waals surface area contributed by atoms with Gasteiger partial charge in [-0.1, -0.05) is 20.8 Å². The first kappa shape index (κ1) is 9.54. The summed E-state index contributed by atoms with van der Waals surface area (Å²) in [5, 5.41) is 12.3. The van der Waals surface area contributed by atoms with Gasteiger partial charge in [0.1, 0.15) is 5.54 Å². The van der Waals surface area contributed by atoms with Gasteiger partial charge in [0.05, 0.1) is 6.07 Å². The molecule has 0 amide bonds. The van der Waals surface area contributed by atoms with E-state index in [-0.39, 0.29) is 5.54 Å². The molecule has 0 aromatic carbocycles. The normalized spacial score (nSPS) is 34.4. The molecule has 1 N–H and O–H groups in total. The molecule has 0 atom stereocenters. The minimum absolute atomic E-state index is 0.177. The molecule has 1 aliphatic carbocycles. The van der Waals surface area contributed by atoms with Gasteiger partial charge in [0, 0.05) is 0 Å². The highest BCUT2D eigenvalue weighted by Gasteiger charge is 2.41. The van der Waals surface area contributed by atoms with Crippen LogP contribution in [0.15, 0.2) is 0 Å². The maximum Gasteiger partial charge on any atom is 0.107 e. The van der Waals surface area contributed by atoms with Gasteiger partial charge in [0.15, 0.2) is 0 Å². The summed E-state index contributed by atoms with van der Waals surface area (Å²) in [4.78, 5) is 0. The summed E-state index contributed by atoms with van der Waals surface area (Å²) in [6, 6.07) is 2.39. The first-order valence-corrected chi connectivity index (χ1v) is 4.74. The largest absolute Gasteiger partial charge is 0.299 e. The van der Waals surface area contributed by atoms with E-state index in [4.69, 9.17) is 5.26 Å². The summed E-state index contributed by atoms with van der Waals surface area (Å²) in [7, 11) is 0. The predicted octanol–water partition coefficient (Wildman–Crippen LogP) is 1.92. The summed E-state index contributed by atoms with van der Waals surface area (Å²) in [6.07, 6.45) is 2.05. The smallest absolute Gasteiger partial charge is 0.107 e. The Morgan fingerprint density at radius 1 is 1.58 bits per heavy atom. The second-order valence-electron chi connectivity index (χ2n) is 4.48. The van der Waals surface area contributed by atoms with Crippen LogP contribution in [0.5, 0.6) is 0 Å². The van der Waals surface area contributed by atoms with Crippen molar-refractivity contribution in [2.75, 3.05) is 6.54 Å². The summed E-state index contributed by atoms with van der Waals surface area (Å²) >= 11 is 0. The third-order valence-electron chi connectivity index (χ3n) is 2.46. The van der Waals surface area contributed by atoms with Crippen molar-refractivity contribution in [2.24, 2.45) is 11.8 Å². The van der Waals surface area contributed by atoms with Crippen LogP contribution in [0.2, 0.25) is 0 Å². The Hall–Kier alpha value is -0.550. The van der Waals surface area contributed by atoms with E-state index in [1.165, 1.54) is 0 Å².